The third-order valence-corrected chi connectivity index (χ3v) is 3.88. The number of benzene rings is 1. The molecule has 21 heavy (non-hydrogen) atoms. The first kappa shape index (κ1) is 16.0. The van der Waals surface area contributed by atoms with Gasteiger partial charge in [0.1, 0.15) is 0 Å². The Morgan fingerprint density at radius 2 is 2.00 bits per heavy atom. The Bertz CT molecular complexity index is 494. The Labute approximate surface area is 127 Å². The van der Waals surface area contributed by atoms with Gasteiger partial charge in [0.2, 0.25) is 5.91 Å². The highest BCUT2D eigenvalue weighted by Crippen LogP contribution is 2.17. The Morgan fingerprint density at radius 3 is 2.57 bits per heavy atom. The van der Waals surface area contributed by atoms with Gasteiger partial charge in [-0.1, -0.05) is 45.0 Å². The number of aliphatic hydroxyl groups is 1. The number of aliphatic hydroxyl groups excluding tert-OH is 1. The van der Waals surface area contributed by atoms with Crippen LogP contribution in [0.1, 0.15) is 38.3 Å². The summed E-state index contributed by atoms with van der Waals surface area (Å²) in [4.78, 5) is 14.2. The van der Waals surface area contributed by atoms with Gasteiger partial charge in [0.15, 0.2) is 0 Å². The predicted molar refractivity (Wildman–Crippen MR) is 83.6 cm³/mol. The summed E-state index contributed by atoms with van der Waals surface area (Å²) in [5.74, 6) is 0.0638. The number of hydrogen-bond donors (Lipinski definition) is 2. The number of amides is 1. The average molecular weight is 290 g/mol. The summed E-state index contributed by atoms with van der Waals surface area (Å²) in [5, 5.41) is 12.6. The lowest BCUT2D eigenvalue weighted by molar-refractivity contribution is -0.128. The van der Waals surface area contributed by atoms with E-state index in [1.54, 1.807) is 0 Å². The Kier molecular flexibility index (Phi) is 5.01. The second-order valence-corrected chi connectivity index (χ2v) is 6.88. The number of nitrogens with one attached hydrogen (secondary N) is 1. The molecule has 1 fully saturated rings. The normalized spacial score (nSPS) is 19.7. The fraction of sp³-hybridized carbons (Fsp3) is 0.588. The molecule has 1 aliphatic rings. The molecular formula is C17H26N2O2. The summed E-state index contributed by atoms with van der Waals surface area (Å²) in [5.41, 5.74) is 2.01. The first-order valence-electron chi connectivity index (χ1n) is 7.62. The third kappa shape index (κ3) is 4.55. The van der Waals surface area contributed by atoms with Crippen molar-refractivity contribution in [2.45, 2.75) is 46.4 Å². The van der Waals surface area contributed by atoms with E-state index in [9.17, 15) is 9.90 Å². The number of carbonyl (C=O) groups is 1. The second kappa shape index (κ2) is 6.58. The van der Waals surface area contributed by atoms with Crippen LogP contribution in [0.4, 0.5) is 0 Å². The summed E-state index contributed by atoms with van der Waals surface area (Å²) < 4.78 is 0. The predicted octanol–water partition coefficient (Wildman–Crippen LogP) is 1.92. The summed E-state index contributed by atoms with van der Waals surface area (Å²) in [6.07, 6.45) is 0.654. The second-order valence-electron chi connectivity index (χ2n) is 6.88. The van der Waals surface area contributed by atoms with Gasteiger partial charge in [0.25, 0.3) is 0 Å². The molecular weight excluding hydrogens is 264 g/mol. The van der Waals surface area contributed by atoms with E-state index < -0.39 is 0 Å². The van der Waals surface area contributed by atoms with Crippen LogP contribution in [0.15, 0.2) is 24.3 Å². The van der Waals surface area contributed by atoms with Crippen LogP contribution in [0.25, 0.3) is 0 Å². The van der Waals surface area contributed by atoms with Crippen LogP contribution in [0.3, 0.4) is 0 Å². The Balaban J connectivity index is 1.98. The zero-order valence-electron chi connectivity index (χ0n) is 13.2. The van der Waals surface area contributed by atoms with E-state index in [0.717, 1.165) is 31.6 Å². The highest BCUT2D eigenvalue weighted by molar-refractivity contribution is 5.81. The molecule has 4 nitrogen and oxygen atoms in total. The topological polar surface area (TPSA) is 52.6 Å². The first-order chi connectivity index (χ1) is 9.86. The van der Waals surface area contributed by atoms with Crippen LogP contribution in [-0.4, -0.2) is 35.1 Å². The molecule has 0 saturated carbocycles. The molecule has 0 unspecified atom stereocenters. The lowest BCUT2D eigenvalue weighted by Gasteiger charge is -2.20. The molecule has 1 atom stereocenters. The van der Waals surface area contributed by atoms with Crippen molar-refractivity contribution >= 4 is 5.91 Å². The Hall–Kier alpha value is -1.39. The molecule has 1 amide bonds. The molecule has 1 saturated heterocycles. The SMILES string of the molecule is CC(C)(C)C(=O)NCc1ccccc1CN1CC[C@H](O)C1. The molecule has 0 aromatic heterocycles. The van der Waals surface area contributed by atoms with Crippen LogP contribution < -0.4 is 5.32 Å². The molecule has 1 aromatic carbocycles. The van der Waals surface area contributed by atoms with Gasteiger partial charge in [-0.3, -0.25) is 9.69 Å². The molecule has 2 rings (SSSR count). The maximum Gasteiger partial charge on any atom is 0.225 e. The van der Waals surface area contributed by atoms with Crippen molar-refractivity contribution in [3.8, 4) is 0 Å². The van der Waals surface area contributed by atoms with Gasteiger partial charge < -0.3 is 10.4 Å². The van der Waals surface area contributed by atoms with Gasteiger partial charge in [-0.15, -0.1) is 0 Å². The van der Waals surface area contributed by atoms with Crippen molar-refractivity contribution in [3.63, 3.8) is 0 Å². The van der Waals surface area contributed by atoms with Crippen molar-refractivity contribution in [3.05, 3.63) is 35.4 Å². The van der Waals surface area contributed by atoms with Gasteiger partial charge >= 0.3 is 0 Å². The van der Waals surface area contributed by atoms with Gasteiger partial charge in [0, 0.05) is 31.6 Å². The van der Waals surface area contributed by atoms with Crippen molar-refractivity contribution in [1.82, 2.24) is 10.2 Å². The minimum Gasteiger partial charge on any atom is -0.392 e. The minimum absolute atomic E-state index is 0.0638. The van der Waals surface area contributed by atoms with Gasteiger partial charge in [-0.25, -0.2) is 0 Å². The molecule has 1 aromatic rings. The van der Waals surface area contributed by atoms with Crippen molar-refractivity contribution in [1.29, 1.82) is 0 Å². The van der Waals surface area contributed by atoms with Crippen molar-refractivity contribution in [2.24, 2.45) is 5.41 Å². The average Bonchev–Trinajstić information content (AvgIpc) is 2.81. The van der Waals surface area contributed by atoms with E-state index in [0.29, 0.717) is 6.54 Å². The van der Waals surface area contributed by atoms with E-state index in [2.05, 4.69) is 22.3 Å². The number of carbonyl (C=O) groups excluding carboxylic acids is 1. The van der Waals surface area contributed by atoms with Crippen LogP contribution >= 0.6 is 0 Å². The number of likely N-dealkylation sites (tertiary alicyclic amines) is 1. The highest BCUT2D eigenvalue weighted by atomic mass is 16.3. The molecule has 0 aliphatic carbocycles. The molecule has 1 heterocycles. The van der Waals surface area contributed by atoms with Crippen LogP contribution in [0.5, 0.6) is 0 Å². The third-order valence-electron chi connectivity index (χ3n) is 3.88. The fourth-order valence-corrected chi connectivity index (χ4v) is 2.52. The fourth-order valence-electron chi connectivity index (χ4n) is 2.52. The monoisotopic (exact) mass is 290 g/mol. The zero-order valence-corrected chi connectivity index (χ0v) is 13.2. The van der Waals surface area contributed by atoms with Crippen molar-refractivity contribution < 1.29 is 9.90 Å². The van der Waals surface area contributed by atoms with Gasteiger partial charge in [-0.2, -0.15) is 0 Å². The van der Waals surface area contributed by atoms with Gasteiger partial charge in [-0.05, 0) is 17.5 Å². The molecule has 0 spiro atoms. The molecule has 0 bridgehead atoms. The number of nitrogens with zero attached hydrogens (tertiary/aromatic N) is 1. The van der Waals surface area contributed by atoms with Crippen molar-refractivity contribution in [2.75, 3.05) is 13.1 Å². The largest absolute Gasteiger partial charge is 0.392 e. The zero-order chi connectivity index (χ0) is 15.5. The maximum atomic E-state index is 12.0. The van der Waals surface area contributed by atoms with Crippen LogP contribution in [0, 0.1) is 5.41 Å². The minimum atomic E-state index is -0.367. The summed E-state index contributed by atoms with van der Waals surface area (Å²) in [7, 11) is 0. The quantitative estimate of drug-likeness (QED) is 0.891. The van der Waals surface area contributed by atoms with E-state index in [4.69, 9.17) is 0 Å². The van der Waals surface area contributed by atoms with Crippen LogP contribution in [-0.2, 0) is 17.9 Å². The van der Waals surface area contributed by atoms with E-state index in [-0.39, 0.29) is 17.4 Å². The molecule has 0 radical (unpaired) electrons. The number of rotatable bonds is 4. The smallest absolute Gasteiger partial charge is 0.225 e. The summed E-state index contributed by atoms with van der Waals surface area (Å²) >= 11 is 0. The maximum absolute atomic E-state index is 12.0. The lowest BCUT2D eigenvalue weighted by atomic mass is 9.95. The van der Waals surface area contributed by atoms with Gasteiger partial charge in [0.05, 0.1) is 6.10 Å². The van der Waals surface area contributed by atoms with E-state index >= 15 is 0 Å². The number of β-amino-alcohol motifs (C(OH)–C–C–N with tert-alkyl or cyclic N) is 1. The van der Waals surface area contributed by atoms with E-state index in [1.807, 2.05) is 32.9 Å². The standard InChI is InChI=1S/C17H26N2O2/c1-17(2,3)16(21)18-10-13-6-4-5-7-14(13)11-19-9-8-15(20)12-19/h4-7,15,20H,8-12H2,1-3H3,(H,18,21)/t15-/m0/s1. The molecule has 2 N–H and O–H groups in total. The Morgan fingerprint density at radius 1 is 1.33 bits per heavy atom. The first-order valence-corrected chi connectivity index (χ1v) is 7.62. The van der Waals surface area contributed by atoms with E-state index in [1.165, 1.54) is 5.56 Å². The summed E-state index contributed by atoms with van der Waals surface area (Å²) in [6, 6.07) is 8.19. The molecule has 4 heteroatoms. The van der Waals surface area contributed by atoms with Crippen LogP contribution in [0.2, 0.25) is 0 Å². The number of hydrogen-bond acceptors (Lipinski definition) is 3. The highest BCUT2D eigenvalue weighted by Gasteiger charge is 2.22. The molecule has 1 aliphatic heterocycles. The summed E-state index contributed by atoms with van der Waals surface area (Å²) in [6.45, 7) is 8.81. The molecule has 116 valence electrons. The lowest BCUT2D eigenvalue weighted by Crippen LogP contribution is -2.34.